The van der Waals surface area contributed by atoms with Gasteiger partial charge in [-0.2, -0.15) is 0 Å². The molecule has 3 atom stereocenters. The molecular weight excluding hydrogens is 342 g/mol. The lowest BCUT2D eigenvalue weighted by Gasteiger charge is -2.43. The van der Waals surface area contributed by atoms with Crippen LogP contribution in [0.15, 0.2) is 24.3 Å². The van der Waals surface area contributed by atoms with Gasteiger partial charge in [-0.3, -0.25) is 9.59 Å². The fourth-order valence-corrected chi connectivity index (χ4v) is 4.30. The van der Waals surface area contributed by atoms with E-state index in [1.165, 1.54) is 0 Å². The topological polar surface area (TPSA) is 86.6 Å². The van der Waals surface area contributed by atoms with Crippen molar-refractivity contribution in [1.82, 2.24) is 5.32 Å². The maximum atomic E-state index is 12.8. The summed E-state index contributed by atoms with van der Waals surface area (Å²) in [6.45, 7) is 6.70. The van der Waals surface area contributed by atoms with Crippen molar-refractivity contribution in [3.8, 4) is 0 Å². The summed E-state index contributed by atoms with van der Waals surface area (Å²) in [5.41, 5.74) is 0.762. The van der Waals surface area contributed by atoms with Crippen LogP contribution in [0, 0.1) is 17.8 Å². The highest BCUT2D eigenvalue weighted by Crippen LogP contribution is 2.41. The van der Waals surface area contributed by atoms with E-state index in [4.69, 9.17) is 5.11 Å². The minimum atomic E-state index is -1.28. The molecule has 1 saturated carbocycles. The number of carbonyl (C=O) groups is 2. The molecular formula is C22H33NO4. The smallest absolute Gasteiger partial charge is 0.303 e. The Kier molecular flexibility index (Phi) is 7.42. The van der Waals surface area contributed by atoms with E-state index >= 15 is 0 Å². The molecule has 1 aromatic rings. The van der Waals surface area contributed by atoms with Crippen LogP contribution in [0.2, 0.25) is 0 Å². The second-order valence-corrected chi connectivity index (χ2v) is 8.38. The van der Waals surface area contributed by atoms with Gasteiger partial charge in [0.05, 0.1) is 0 Å². The van der Waals surface area contributed by atoms with Crippen molar-refractivity contribution in [3.63, 3.8) is 0 Å². The van der Waals surface area contributed by atoms with Gasteiger partial charge in [0.15, 0.2) is 0 Å². The molecule has 0 unspecified atom stereocenters. The number of carboxylic acids is 1. The molecule has 0 radical (unpaired) electrons. The van der Waals surface area contributed by atoms with Gasteiger partial charge in [0.2, 0.25) is 0 Å². The first-order chi connectivity index (χ1) is 12.7. The van der Waals surface area contributed by atoms with Crippen molar-refractivity contribution < 1.29 is 19.8 Å². The van der Waals surface area contributed by atoms with Crippen molar-refractivity contribution in [2.75, 3.05) is 6.54 Å². The number of benzene rings is 1. The summed E-state index contributed by atoms with van der Waals surface area (Å²) in [5, 5.41) is 22.9. The van der Waals surface area contributed by atoms with Gasteiger partial charge >= 0.3 is 5.97 Å². The fraction of sp³-hybridized carbons (Fsp3) is 0.636. The molecule has 3 N–H and O–H groups in total. The maximum Gasteiger partial charge on any atom is 0.303 e. The molecule has 1 aromatic carbocycles. The first-order valence-corrected chi connectivity index (χ1v) is 10.0. The van der Waals surface area contributed by atoms with Gasteiger partial charge in [-0.05, 0) is 54.6 Å². The Morgan fingerprint density at radius 2 is 1.89 bits per heavy atom. The molecule has 5 heteroatoms. The average Bonchev–Trinajstić information content (AvgIpc) is 2.59. The van der Waals surface area contributed by atoms with Crippen LogP contribution in [0.4, 0.5) is 0 Å². The molecule has 0 spiro atoms. The van der Waals surface area contributed by atoms with E-state index in [0.717, 1.165) is 24.0 Å². The standard InChI is InChI=1S/C22H33NO4/c1-15(2)19-9-7-16(3)14-22(19,27)21(26)23-12-11-18-6-4-5-17(13-18)8-10-20(24)25/h4-6,13,15-16,19,27H,7-12,14H2,1-3H3,(H,23,26)(H,24,25)/t16-,19+,22+/m1/s1. The lowest BCUT2D eigenvalue weighted by molar-refractivity contribution is -0.155. The summed E-state index contributed by atoms with van der Waals surface area (Å²) >= 11 is 0. The summed E-state index contributed by atoms with van der Waals surface area (Å²) in [4.78, 5) is 23.5. The van der Waals surface area contributed by atoms with Crippen molar-refractivity contribution in [3.05, 3.63) is 35.4 Å². The van der Waals surface area contributed by atoms with E-state index < -0.39 is 11.6 Å². The van der Waals surface area contributed by atoms with E-state index in [2.05, 4.69) is 26.1 Å². The van der Waals surface area contributed by atoms with Crippen LogP contribution in [-0.4, -0.2) is 34.2 Å². The van der Waals surface area contributed by atoms with Crippen LogP contribution in [-0.2, 0) is 22.4 Å². The summed E-state index contributed by atoms with van der Waals surface area (Å²) in [6.07, 6.45) is 3.73. The van der Waals surface area contributed by atoms with Gasteiger partial charge in [-0.1, -0.05) is 51.5 Å². The van der Waals surface area contributed by atoms with Crippen molar-refractivity contribution in [2.24, 2.45) is 17.8 Å². The third kappa shape index (κ3) is 5.80. The van der Waals surface area contributed by atoms with E-state index in [-0.39, 0.29) is 24.2 Å². The van der Waals surface area contributed by atoms with Gasteiger partial charge in [-0.15, -0.1) is 0 Å². The molecule has 1 aliphatic carbocycles. The number of carbonyl (C=O) groups excluding carboxylic acids is 1. The normalized spacial score (nSPS) is 25.4. The molecule has 1 amide bonds. The molecule has 150 valence electrons. The lowest BCUT2D eigenvalue weighted by Crippen LogP contribution is -2.56. The predicted molar refractivity (Wildman–Crippen MR) is 105 cm³/mol. The molecule has 1 aliphatic rings. The zero-order valence-corrected chi connectivity index (χ0v) is 16.7. The SMILES string of the molecule is CC(C)[C@@H]1CC[C@@H](C)C[C@@]1(O)C(=O)NCCc1cccc(CCC(=O)O)c1. The molecule has 0 aliphatic heterocycles. The highest BCUT2D eigenvalue weighted by Gasteiger charge is 2.48. The molecule has 27 heavy (non-hydrogen) atoms. The highest BCUT2D eigenvalue weighted by atomic mass is 16.4. The second-order valence-electron chi connectivity index (χ2n) is 8.38. The summed E-state index contributed by atoms with van der Waals surface area (Å²) in [6, 6.07) is 7.80. The first kappa shape index (κ1) is 21.4. The number of nitrogens with one attached hydrogen (secondary N) is 1. The molecule has 1 fully saturated rings. The van der Waals surface area contributed by atoms with Crippen LogP contribution < -0.4 is 5.32 Å². The van der Waals surface area contributed by atoms with Crippen molar-refractivity contribution in [1.29, 1.82) is 0 Å². The van der Waals surface area contributed by atoms with Gasteiger partial charge < -0.3 is 15.5 Å². The zero-order valence-electron chi connectivity index (χ0n) is 16.7. The third-order valence-electron chi connectivity index (χ3n) is 5.76. The molecule has 0 bridgehead atoms. The molecule has 0 saturated heterocycles. The summed E-state index contributed by atoms with van der Waals surface area (Å²) < 4.78 is 0. The van der Waals surface area contributed by atoms with Gasteiger partial charge in [-0.25, -0.2) is 0 Å². The Labute approximate surface area is 162 Å². The Bertz CT molecular complexity index is 657. The number of amides is 1. The van der Waals surface area contributed by atoms with Crippen LogP contribution in [0.5, 0.6) is 0 Å². The van der Waals surface area contributed by atoms with E-state index in [1.807, 2.05) is 24.3 Å². The number of aliphatic carboxylic acids is 1. The van der Waals surface area contributed by atoms with Crippen molar-refractivity contribution in [2.45, 2.75) is 64.9 Å². The molecule has 0 heterocycles. The fourth-order valence-electron chi connectivity index (χ4n) is 4.30. The minimum absolute atomic E-state index is 0.00644. The van der Waals surface area contributed by atoms with Crippen LogP contribution in [0.25, 0.3) is 0 Å². The third-order valence-corrected chi connectivity index (χ3v) is 5.76. The van der Waals surface area contributed by atoms with Gasteiger partial charge in [0.1, 0.15) is 5.60 Å². The average molecular weight is 376 g/mol. The largest absolute Gasteiger partial charge is 0.481 e. The number of carboxylic acid groups (broad SMARTS) is 1. The monoisotopic (exact) mass is 375 g/mol. The first-order valence-electron chi connectivity index (χ1n) is 10.0. The Morgan fingerprint density at radius 1 is 1.22 bits per heavy atom. The van der Waals surface area contributed by atoms with Gasteiger partial charge in [0.25, 0.3) is 5.91 Å². The van der Waals surface area contributed by atoms with Crippen LogP contribution >= 0.6 is 0 Å². The quantitative estimate of drug-likeness (QED) is 0.651. The lowest BCUT2D eigenvalue weighted by atomic mass is 9.66. The van der Waals surface area contributed by atoms with Crippen molar-refractivity contribution >= 4 is 11.9 Å². The molecule has 0 aromatic heterocycles. The Balaban J connectivity index is 1.93. The van der Waals surface area contributed by atoms with E-state index in [9.17, 15) is 14.7 Å². The van der Waals surface area contributed by atoms with E-state index in [1.54, 1.807) is 0 Å². The summed E-state index contributed by atoms with van der Waals surface area (Å²) in [5.74, 6) is -0.453. The van der Waals surface area contributed by atoms with E-state index in [0.29, 0.717) is 31.7 Å². The highest BCUT2D eigenvalue weighted by molar-refractivity contribution is 5.85. The minimum Gasteiger partial charge on any atom is -0.481 e. The number of hydrogen-bond donors (Lipinski definition) is 3. The van der Waals surface area contributed by atoms with Crippen LogP contribution in [0.3, 0.4) is 0 Å². The maximum absolute atomic E-state index is 12.8. The van der Waals surface area contributed by atoms with Gasteiger partial charge in [0, 0.05) is 13.0 Å². The molecule has 5 nitrogen and oxygen atoms in total. The summed E-state index contributed by atoms with van der Waals surface area (Å²) in [7, 11) is 0. The number of aliphatic hydroxyl groups is 1. The number of aryl methyl sites for hydroxylation is 1. The zero-order chi connectivity index (χ0) is 20.0. The second kappa shape index (κ2) is 9.36. The number of hydrogen-bond acceptors (Lipinski definition) is 3. The molecule has 2 rings (SSSR count). The Hall–Kier alpha value is -1.88. The van der Waals surface area contributed by atoms with Crippen LogP contribution in [0.1, 0.15) is 57.6 Å². The Morgan fingerprint density at radius 3 is 2.52 bits per heavy atom. The number of rotatable bonds is 8. The predicted octanol–water partition coefficient (Wildman–Crippen LogP) is 3.19.